The Balaban J connectivity index is 2.46. The second-order valence-corrected chi connectivity index (χ2v) is 5.06. The van der Waals surface area contributed by atoms with Gasteiger partial charge in [-0.25, -0.2) is 9.97 Å². The molecule has 4 heteroatoms. The van der Waals surface area contributed by atoms with Gasteiger partial charge >= 0.3 is 0 Å². The van der Waals surface area contributed by atoms with Gasteiger partial charge in [-0.15, -0.1) is 0 Å². The molecule has 2 aromatic rings. The molecule has 0 atom stereocenters. The number of anilines is 2. The van der Waals surface area contributed by atoms with Gasteiger partial charge in [-0.1, -0.05) is 12.1 Å². The van der Waals surface area contributed by atoms with Crippen LogP contribution in [-0.2, 0) is 0 Å². The van der Waals surface area contributed by atoms with Crippen molar-refractivity contribution in [1.82, 2.24) is 9.97 Å². The molecule has 1 N–H and O–H groups in total. The van der Waals surface area contributed by atoms with Crippen LogP contribution in [0.2, 0.25) is 0 Å². The van der Waals surface area contributed by atoms with Crippen molar-refractivity contribution in [3.05, 3.63) is 35.7 Å². The molecule has 0 saturated carbocycles. The van der Waals surface area contributed by atoms with Gasteiger partial charge in [0.1, 0.15) is 11.6 Å². The highest BCUT2D eigenvalue weighted by Gasteiger charge is 2.10. The Morgan fingerprint density at radius 3 is 2.25 bits per heavy atom. The summed E-state index contributed by atoms with van der Waals surface area (Å²) in [5, 5.41) is 3.30. The first-order chi connectivity index (χ1) is 9.52. The summed E-state index contributed by atoms with van der Waals surface area (Å²) in [7, 11) is 4.08. The maximum Gasteiger partial charge on any atom is 0.133 e. The predicted octanol–water partition coefficient (Wildman–Crippen LogP) is 3.26. The van der Waals surface area contributed by atoms with E-state index in [0.29, 0.717) is 0 Å². The predicted molar refractivity (Wildman–Crippen MR) is 85.4 cm³/mol. The SMILES string of the molecule is CCNc1nc(C)nc(-c2ccc(N(C)C)cc2)c1C. The molecule has 0 aliphatic carbocycles. The molecule has 0 saturated heterocycles. The molecule has 1 aromatic heterocycles. The zero-order valence-corrected chi connectivity index (χ0v) is 12.9. The summed E-state index contributed by atoms with van der Waals surface area (Å²) in [4.78, 5) is 11.1. The van der Waals surface area contributed by atoms with Gasteiger partial charge in [-0.2, -0.15) is 0 Å². The summed E-state index contributed by atoms with van der Waals surface area (Å²) >= 11 is 0. The number of aryl methyl sites for hydroxylation is 1. The zero-order chi connectivity index (χ0) is 14.7. The fraction of sp³-hybridized carbons (Fsp3) is 0.375. The monoisotopic (exact) mass is 270 g/mol. The van der Waals surface area contributed by atoms with E-state index in [0.717, 1.165) is 35.0 Å². The molecule has 0 bridgehead atoms. The van der Waals surface area contributed by atoms with Crippen LogP contribution in [0.3, 0.4) is 0 Å². The average Bonchev–Trinajstić information content (AvgIpc) is 2.43. The Kier molecular flexibility index (Phi) is 4.23. The van der Waals surface area contributed by atoms with Gasteiger partial charge in [0.15, 0.2) is 0 Å². The zero-order valence-electron chi connectivity index (χ0n) is 12.9. The highest BCUT2D eigenvalue weighted by Crippen LogP contribution is 2.27. The maximum absolute atomic E-state index is 4.60. The van der Waals surface area contributed by atoms with E-state index in [-0.39, 0.29) is 0 Å². The van der Waals surface area contributed by atoms with Crippen LogP contribution in [0.5, 0.6) is 0 Å². The van der Waals surface area contributed by atoms with Crippen LogP contribution in [0, 0.1) is 13.8 Å². The molecule has 0 radical (unpaired) electrons. The third kappa shape index (κ3) is 2.90. The first kappa shape index (κ1) is 14.3. The smallest absolute Gasteiger partial charge is 0.133 e. The minimum atomic E-state index is 0.790. The highest BCUT2D eigenvalue weighted by molar-refractivity contribution is 5.69. The van der Waals surface area contributed by atoms with Gasteiger partial charge in [0.05, 0.1) is 5.69 Å². The summed E-state index contributed by atoms with van der Waals surface area (Å²) in [6, 6.07) is 8.44. The van der Waals surface area contributed by atoms with E-state index in [9.17, 15) is 0 Å². The van der Waals surface area contributed by atoms with Crippen LogP contribution >= 0.6 is 0 Å². The van der Waals surface area contributed by atoms with E-state index < -0.39 is 0 Å². The van der Waals surface area contributed by atoms with Crippen LogP contribution in [0.4, 0.5) is 11.5 Å². The van der Waals surface area contributed by atoms with E-state index in [4.69, 9.17) is 0 Å². The summed E-state index contributed by atoms with van der Waals surface area (Å²) < 4.78 is 0. The summed E-state index contributed by atoms with van der Waals surface area (Å²) in [5.74, 6) is 1.71. The lowest BCUT2D eigenvalue weighted by atomic mass is 10.1. The van der Waals surface area contributed by atoms with E-state index in [1.807, 2.05) is 21.0 Å². The lowest BCUT2D eigenvalue weighted by molar-refractivity contribution is 1.02. The molecule has 4 nitrogen and oxygen atoms in total. The molecule has 0 unspecified atom stereocenters. The molecule has 0 fully saturated rings. The van der Waals surface area contributed by atoms with Gasteiger partial charge in [-0.3, -0.25) is 0 Å². The Morgan fingerprint density at radius 1 is 1.05 bits per heavy atom. The van der Waals surface area contributed by atoms with Crippen molar-refractivity contribution < 1.29 is 0 Å². The maximum atomic E-state index is 4.60. The normalized spacial score (nSPS) is 10.4. The van der Waals surface area contributed by atoms with Crippen molar-refractivity contribution in [3.63, 3.8) is 0 Å². The summed E-state index contributed by atoms with van der Waals surface area (Å²) in [5.41, 5.74) is 4.40. The molecule has 2 rings (SSSR count). The van der Waals surface area contributed by atoms with Gasteiger partial charge in [-0.05, 0) is 32.9 Å². The van der Waals surface area contributed by atoms with E-state index in [2.05, 4.69) is 58.3 Å². The largest absolute Gasteiger partial charge is 0.378 e. The first-order valence-corrected chi connectivity index (χ1v) is 6.89. The van der Waals surface area contributed by atoms with Crippen molar-refractivity contribution >= 4 is 11.5 Å². The van der Waals surface area contributed by atoms with Crippen molar-refractivity contribution in [3.8, 4) is 11.3 Å². The summed E-state index contributed by atoms with van der Waals surface area (Å²) in [6.45, 7) is 6.92. The number of nitrogens with zero attached hydrogens (tertiary/aromatic N) is 3. The Morgan fingerprint density at radius 2 is 1.70 bits per heavy atom. The van der Waals surface area contributed by atoms with E-state index >= 15 is 0 Å². The second-order valence-electron chi connectivity index (χ2n) is 5.06. The van der Waals surface area contributed by atoms with Gasteiger partial charge in [0, 0.05) is 37.5 Å². The molecule has 20 heavy (non-hydrogen) atoms. The van der Waals surface area contributed by atoms with Crippen molar-refractivity contribution in [2.75, 3.05) is 30.9 Å². The number of hydrogen-bond donors (Lipinski definition) is 1. The van der Waals surface area contributed by atoms with E-state index in [1.165, 1.54) is 5.69 Å². The molecule has 0 spiro atoms. The third-order valence-electron chi connectivity index (χ3n) is 3.26. The highest BCUT2D eigenvalue weighted by atomic mass is 15.1. The van der Waals surface area contributed by atoms with Crippen LogP contribution in [0.15, 0.2) is 24.3 Å². The summed E-state index contributed by atoms with van der Waals surface area (Å²) in [6.07, 6.45) is 0. The van der Waals surface area contributed by atoms with Crippen LogP contribution in [0.25, 0.3) is 11.3 Å². The quantitative estimate of drug-likeness (QED) is 0.926. The third-order valence-corrected chi connectivity index (χ3v) is 3.26. The number of nitrogens with one attached hydrogen (secondary N) is 1. The second kappa shape index (κ2) is 5.90. The van der Waals surface area contributed by atoms with Gasteiger partial charge < -0.3 is 10.2 Å². The van der Waals surface area contributed by atoms with Gasteiger partial charge in [0.25, 0.3) is 0 Å². The van der Waals surface area contributed by atoms with Crippen molar-refractivity contribution in [2.24, 2.45) is 0 Å². The van der Waals surface area contributed by atoms with Crippen LogP contribution in [0.1, 0.15) is 18.3 Å². The molecule has 1 aromatic carbocycles. The lowest BCUT2D eigenvalue weighted by Crippen LogP contribution is -2.08. The number of hydrogen-bond acceptors (Lipinski definition) is 4. The minimum Gasteiger partial charge on any atom is -0.378 e. The number of rotatable bonds is 4. The molecule has 106 valence electrons. The molecule has 1 heterocycles. The molecular formula is C16H22N4. The first-order valence-electron chi connectivity index (χ1n) is 6.89. The topological polar surface area (TPSA) is 41.1 Å². The Bertz CT molecular complexity index is 588. The number of benzene rings is 1. The molecule has 0 aliphatic rings. The molecule has 0 amide bonds. The fourth-order valence-corrected chi connectivity index (χ4v) is 2.17. The minimum absolute atomic E-state index is 0.790. The Hall–Kier alpha value is -2.10. The molecular weight excluding hydrogens is 248 g/mol. The van der Waals surface area contributed by atoms with Crippen molar-refractivity contribution in [2.45, 2.75) is 20.8 Å². The van der Waals surface area contributed by atoms with Crippen molar-refractivity contribution in [1.29, 1.82) is 0 Å². The fourth-order valence-electron chi connectivity index (χ4n) is 2.17. The number of aromatic nitrogens is 2. The lowest BCUT2D eigenvalue weighted by Gasteiger charge is -2.15. The standard InChI is InChI=1S/C16H22N4/c1-6-17-16-11(2)15(18-12(3)19-16)13-7-9-14(10-8-13)20(4)5/h7-10H,6H2,1-5H3,(H,17,18,19). The van der Waals surface area contributed by atoms with Crippen LogP contribution < -0.4 is 10.2 Å². The van der Waals surface area contributed by atoms with Crippen LogP contribution in [-0.4, -0.2) is 30.6 Å². The Labute approximate surface area is 120 Å². The average molecular weight is 270 g/mol. The van der Waals surface area contributed by atoms with E-state index in [1.54, 1.807) is 0 Å². The molecule has 0 aliphatic heterocycles. The van der Waals surface area contributed by atoms with Gasteiger partial charge in [0.2, 0.25) is 0 Å².